The Bertz CT molecular complexity index is 1020. The zero-order valence-electron chi connectivity index (χ0n) is 19.6. The number of carbonyl (C=O) groups excluding carboxylic acids is 2. The second kappa shape index (κ2) is 9.88. The van der Waals surface area contributed by atoms with Crippen LogP contribution in [0.4, 0.5) is 16.3 Å². The molecular weight excluding hydrogens is 440 g/mol. The van der Waals surface area contributed by atoms with E-state index >= 15 is 0 Å². The van der Waals surface area contributed by atoms with Crippen molar-refractivity contribution in [2.24, 2.45) is 5.73 Å². The van der Waals surface area contributed by atoms with E-state index in [1.807, 2.05) is 25.7 Å². The van der Waals surface area contributed by atoms with Crippen LogP contribution in [0.2, 0.25) is 0 Å². The molecule has 1 saturated heterocycles. The van der Waals surface area contributed by atoms with Gasteiger partial charge in [0.15, 0.2) is 0 Å². The summed E-state index contributed by atoms with van der Waals surface area (Å²) in [4.78, 5) is 36.4. The fourth-order valence-corrected chi connectivity index (χ4v) is 4.58. The maximum absolute atomic E-state index is 12.5. The number of nitriles is 1. The molecule has 1 atom stereocenters. The molecule has 1 aromatic heterocycles. The highest BCUT2D eigenvalue weighted by molar-refractivity contribution is 8.00. The van der Waals surface area contributed by atoms with Gasteiger partial charge in [0.1, 0.15) is 22.5 Å². The van der Waals surface area contributed by atoms with Crippen molar-refractivity contribution in [1.29, 1.82) is 5.26 Å². The molecule has 1 aromatic rings. The second-order valence-corrected chi connectivity index (χ2v) is 10.7. The Morgan fingerprint density at radius 2 is 2.00 bits per heavy atom. The number of aromatic nitrogens is 1. The maximum Gasteiger partial charge on any atom is 0.410 e. The summed E-state index contributed by atoms with van der Waals surface area (Å²) in [7, 11) is 0. The van der Waals surface area contributed by atoms with Crippen molar-refractivity contribution >= 4 is 35.3 Å². The van der Waals surface area contributed by atoms with E-state index in [1.165, 1.54) is 0 Å². The summed E-state index contributed by atoms with van der Waals surface area (Å²) in [6, 6.07) is 2.22. The third-order valence-corrected chi connectivity index (χ3v) is 6.61. The van der Waals surface area contributed by atoms with E-state index in [0.717, 1.165) is 30.2 Å². The first-order chi connectivity index (χ1) is 15.6. The summed E-state index contributed by atoms with van der Waals surface area (Å²) in [5.41, 5.74) is 6.38. The smallest absolute Gasteiger partial charge is 0.410 e. The molecule has 0 radical (unpaired) electrons. The molecule has 1 aliphatic heterocycles. The lowest BCUT2D eigenvalue weighted by Gasteiger charge is -2.27. The van der Waals surface area contributed by atoms with Crippen LogP contribution < -0.4 is 10.6 Å². The van der Waals surface area contributed by atoms with E-state index in [4.69, 9.17) is 22.0 Å². The third-order valence-electron chi connectivity index (χ3n) is 5.50. The lowest BCUT2D eigenvalue weighted by molar-refractivity contribution is -0.117. The number of anilines is 1. The molecule has 2 aliphatic rings. The molecule has 0 spiro atoms. The highest BCUT2D eigenvalue weighted by atomic mass is 32.2. The molecule has 9 nitrogen and oxygen atoms in total. The van der Waals surface area contributed by atoms with Gasteiger partial charge in [0.25, 0.3) is 0 Å². The van der Waals surface area contributed by atoms with Crippen LogP contribution in [0.3, 0.4) is 0 Å². The van der Waals surface area contributed by atoms with E-state index < -0.39 is 16.8 Å². The van der Waals surface area contributed by atoms with Crippen LogP contribution >= 0.6 is 11.8 Å². The van der Waals surface area contributed by atoms with Gasteiger partial charge in [-0.2, -0.15) is 5.26 Å². The summed E-state index contributed by atoms with van der Waals surface area (Å²) in [6.45, 7) is 17.1. The summed E-state index contributed by atoms with van der Waals surface area (Å²) in [5.74, 6) is 0.173. The molecule has 1 saturated carbocycles. The van der Waals surface area contributed by atoms with E-state index in [0.29, 0.717) is 54.7 Å². The van der Waals surface area contributed by atoms with Crippen molar-refractivity contribution in [3.05, 3.63) is 22.5 Å². The largest absolute Gasteiger partial charge is 0.444 e. The second-order valence-electron chi connectivity index (χ2n) is 9.35. The Balaban J connectivity index is 1.96. The minimum atomic E-state index is -0.572. The number of amides is 2. The molecule has 2 heterocycles. The van der Waals surface area contributed by atoms with Crippen LogP contribution in [-0.4, -0.2) is 58.9 Å². The highest BCUT2D eigenvalue weighted by Gasteiger charge is 2.35. The number of primary amides is 1. The van der Waals surface area contributed by atoms with Crippen molar-refractivity contribution < 1.29 is 14.3 Å². The predicted octanol–water partition coefficient (Wildman–Crippen LogP) is 3.79. The van der Waals surface area contributed by atoms with Crippen molar-refractivity contribution in [3.8, 4) is 6.07 Å². The highest BCUT2D eigenvalue weighted by Crippen LogP contribution is 2.50. The van der Waals surface area contributed by atoms with Gasteiger partial charge < -0.3 is 20.3 Å². The van der Waals surface area contributed by atoms with E-state index in [-0.39, 0.29) is 12.0 Å². The number of ether oxygens (including phenoxy) is 1. The summed E-state index contributed by atoms with van der Waals surface area (Å²) in [5, 5.41) is 9.76. The molecule has 2 N–H and O–H groups in total. The first-order valence-electron chi connectivity index (χ1n) is 11.1. The number of nitrogens with two attached hydrogens (primary N) is 1. The van der Waals surface area contributed by atoms with Crippen molar-refractivity contribution in [2.45, 2.75) is 68.8 Å². The monoisotopic (exact) mass is 470 g/mol. The fourth-order valence-electron chi connectivity index (χ4n) is 3.72. The van der Waals surface area contributed by atoms with E-state index in [9.17, 15) is 14.9 Å². The lowest BCUT2D eigenvalue weighted by Crippen LogP contribution is -2.39. The maximum atomic E-state index is 12.5. The number of nitrogens with zero attached hydrogens (tertiary/aromatic N) is 5. The molecule has 1 unspecified atom stereocenters. The Morgan fingerprint density at radius 1 is 1.30 bits per heavy atom. The van der Waals surface area contributed by atoms with Gasteiger partial charge in [-0.3, -0.25) is 4.79 Å². The van der Waals surface area contributed by atoms with Gasteiger partial charge in [-0.05, 0) is 58.4 Å². The number of rotatable bonds is 5. The van der Waals surface area contributed by atoms with Gasteiger partial charge in [-0.15, -0.1) is 0 Å². The molecule has 2 fully saturated rings. The lowest BCUT2D eigenvalue weighted by atomic mass is 10.0. The minimum absolute atomic E-state index is 0.152. The van der Waals surface area contributed by atoms with Crippen LogP contribution in [0.5, 0.6) is 0 Å². The van der Waals surface area contributed by atoms with Gasteiger partial charge >= 0.3 is 6.09 Å². The average Bonchev–Trinajstić information content (AvgIpc) is 3.58. The fraction of sp³-hybridized carbons (Fsp3) is 0.609. The van der Waals surface area contributed by atoms with Crippen LogP contribution in [0.15, 0.2) is 5.03 Å². The Labute approximate surface area is 199 Å². The molecule has 3 rings (SSSR count). The Hall–Kier alpha value is -2.98. The molecular formula is C23H30N6O3S. The SMILES string of the molecule is [C-]#[N+]c1c(N2CCCN(C(=O)OC(C)(C)C)CC2)nc(SC(C)C(N)=O)c(C#N)c1C1CC1. The zero-order chi connectivity index (χ0) is 24.3. The first-order valence-corrected chi connectivity index (χ1v) is 12.0. The molecule has 33 heavy (non-hydrogen) atoms. The minimum Gasteiger partial charge on any atom is -0.444 e. The first kappa shape index (κ1) is 24.7. The number of hydrogen-bond donors (Lipinski definition) is 1. The summed E-state index contributed by atoms with van der Waals surface area (Å²) in [6.07, 6.45) is 2.18. The van der Waals surface area contributed by atoms with Gasteiger partial charge in [0, 0.05) is 26.2 Å². The molecule has 0 aromatic carbocycles. The summed E-state index contributed by atoms with van der Waals surface area (Å²) >= 11 is 1.15. The van der Waals surface area contributed by atoms with Crippen LogP contribution in [0.1, 0.15) is 64.0 Å². The van der Waals surface area contributed by atoms with Gasteiger partial charge in [-0.1, -0.05) is 11.8 Å². The van der Waals surface area contributed by atoms with Gasteiger partial charge in [-0.25, -0.2) is 14.6 Å². The van der Waals surface area contributed by atoms with Crippen LogP contribution in [0.25, 0.3) is 4.85 Å². The van der Waals surface area contributed by atoms with Crippen LogP contribution in [0, 0.1) is 17.9 Å². The topological polar surface area (TPSA) is 117 Å². The van der Waals surface area contributed by atoms with Gasteiger partial charge in [0.05, 0.1) is 17.4 Å². The summed E-state index contributed by atoms with van der Waals surface area (Å²) < 4.78 is 5.51. The van der Waals surface area contributed by atoms with E-state index in [1.54, 1.807) is 11.8 Å². The molecule has 0 bridgehead atoms. The van der Waals surface area contributed by atoms with Gasteiger partial charge in [0.2, 0.25) is 11.6 Å². The standard InChI is InChI=1S/C23H30N6O3S/c1-14(19(25)30)33-21-16(13-24)17(15-7-8-15)18(26-5)20(27-21)28-9-6-10-29(12-11-28)22(31)32-23(2,3)4/h14-15H,6-12H2,1-4H3,(H2,25,30). The number of thioether (sulfide) groups is 1. The van der Waals surface area contributed by atoms with Crippen LogP contribution in [-0.2, 0) is 9.53 Å². The Kier molecular flexibility index (Phi) is 7.38. The number of carbonyl (C=O) groups is 2. The third kappa shape index (κ3) is 5.88. The quantitative estimate of drug-likeness (QED) is 0.514. The molecule has 2 amide bonds. The normalized spacial score (nSPS) is 17.5. The predicted molar refractivity (Wildman–Crippen MR) is 126 cm³/mol. The number of pyridine rings is 1. The number of hydrogen-bond acceptors (Lipinski definition) is 7. The van der Waals surface area contributed by atoms with Crippen molar-refractivity contribution in [3.63, 3.8) is 0 Å². The van der Waals surface area contributed by atoms with Crippen molar-refractivity contribution in [2.75, 3.05) is 31.1 Å². The molecule has 10 heteroatoms. The van der Waals surface area contributed by atoms with Crippen molar-refractivity contribution in [1.82, 2.24) is 9.88 Å². The van der Waals surface area contributed by atoms with E-state index in [2.05, 4.69) is 10.9 Å². The zero-order valence-corrected chi connectivity index (χ0v) is 20.4. The molecule has 1 aliphatic carbocycles. The average molecular weight is 471 g/mol. The Morgan fingerprint density at radius 3 is 2.55 bits per heavy atom. The molecule has 176 valence electrons.